The fourth-order valence-electron chi connectivity index (χ4n) is 2.86. The fourth-order valence-corrected chi connectivity index (χ4v) is 3.77. The lowest BCUT2D eigenvalue weighted by Gasteiger charge is -2.05. The van der Waals surface area contributed by atoms with Crippen molar-refractivity contribution in [1.82, 2.24) is 9.55 Å². The Morgan fingerprint density at radius 2 is 2.04 bits per heavy atom. The van der Waals surface area contributed by atoms with E-state index in [1.807, 2.05) is 5.38 Å². The minimum Gasteiger partial charge on any atom is -0.460 e. The molecule has 1 aromatic carbocycles. The summed E-state index contributed by atoms with van der Waals surface area (Å²) in [4.78, 5) is 29.7. The molecule has 0 N–H and O–H groups in total. The molecule has 0 aliphatic rings. The Balaban J connectivity index is 1.70. The summed E-state index contributed by atoms with van der Waals surface area (Å²) in [5.41, 5.74) is 1.21. The number of carbonyl (C=O) groups excluding carboxylic acids is 1. The summed E-state index contributed by atoms with van der Waals surface area (Å²) in [5, 5.41) is 2.30. The second-order valence-electron chi connectivity index (χ2n) is 6.00. The van der Waals surface area contributed by atoms with Gasteiger partial charge >= 0.3 is 5.97 Å². The molecule has 0 atom stereocenters. The van der Waals surface area contributed by atoms with Crippen molar-refractivity contribution >= 4 is 27.5 Å². The molecule has 0 unspecified atom stereocenters. The Morgan fingerprint density at radius 1 is 1.25 bits per heavy atom. The minimum absolute atomic E-state index is 0.0847. The van der Waals surface area contributed by atoms with Crippen LogP contribution in [0.4, 0.5) is 4.39 Å². The number of furan rings is 1. The van der Waals surface area contributed by atoms with Crippen LogP contribution in [0.25, 0.3) is 21.3 Å². The molecule has 6 nitrogen and oxygen atoms in total. The van der Waals surface area contributed by atoms with Crippen LogP contribution >= 0.6 is 11.3 Å². The number of halogens is 1. The second-order valence-corrected chi connectivity index (χ2v) is 6.86. The molecule has 3 aromatic heterocycles. The van der Waals surface area contributed by atoms with Crippen LogP contribution in [-0.2, 0) is 11.3 Å². The number of nitrogens with zero attached hydrogens (tertiary/aromatic N) is 2. The average molecular weight is 398 g/mol. The maximum Gasteiger partial charge on any atom is 0.374 e. The monoisotopic (exact) mass is 398 g/mol. The molecular weight excluding hydrogens is 383 g/mol. The number of thiophene rings is 1. The van der Waals surface area contributed by atoms with E-state index in [1.54, 1.807) is 25.1 Å². The molecule has 28 heavy (non-hydrogen) atoms. The molecule has 0 saturated heterocycles. The first-order chi connectivity index (χ1) is 13.6. The lowest BCUT2D eigenvalue weighted by atomic mass is 10.1. The van der Waals surface area contributed by atoms with Crippen molar-refractivity contribution in [2.45, 2.75) is 13.5 Å². The number of ether oxygens (including phenoxy) is 1. The number of aromatic nitrogens is 2. The summed E-state index contributed by atoms with van der Waals surface area (Å²) < 4.78 is 25.0. The molecule has 0 saturated carbocycles. The van der Waals surface area contributed by atoms with E-state index in [4.69, 9.17) is 9.15 Å². The topological polar surface area (TPSA) is 74.3 Å². The van der Waals surface area contributed by atoms with E-state index in [-0.39, 0.29) is 30.3 Å². The number of benzene rings is 1. The molecule has 0 spiro atoms. The largest absolute Gasteiger partial charge is 0.460 e. The smallest absolute Gasteiger partial charge is 0.374 e. The van der Waals surface area contributed by atoms with Gasteiger partial charge in [0, 0.05) is 10.9 Å². The zero-order chi connectivity index (χ0) is 19.7. The van der Waals surface area contributed by atoms with Gasteiger partial charge in [0.2, 0.25) is 5.76 Å². The van der Waals surface area contributed by atoms with Crippen molar-refractivity contribution in [1.29, 1.82) is 0 Å². The second kappa shape index (κ2) is 7.40. The SMILES string of the molecule is CCOC(=O)c1ccc(Cn2cnc3scc(-c4ccc(F)cc4)c3c2=O)o1. The van der Waals surface area contributed by atoms with Crippen LogP contribution in [0.3, 0.4) is 0 Å². The number of hydrogen-bond donors (Lipinski definition) is 0. The number of rotatable bonds is 5. The summed E-state index contributed by atoms with van der Waals surface area (Å²) in [6.45, 7) is 2.08. The van der Waals surface area contributed by atoms with E-state index in [0.717, 1.165) is 5.56 Å². The summed E-state index contributed by atoms with van der Waals surface area (Å²) >= 11 is 1.35. The van der Waals surface area contributed by atoms with Gasteiger partial charge in [0.25, 0.3) is 5.56 Å². The number of hydrogen-bond acceptors (Lipinski definition) is 6. The zero-order valence-electron chi connectivity index (χ0n) is 14.8. The third kappa shape index (κ3) is 3.34. The van der Waals surface area contributed by atoms with Crippen LogP contribution in [0.2, 0.25) is 0 Å². The van der Waals surface area contributed by atoms with Gasteiger partial charge in [-0.05, 0) is 36.8 Å². The Hall–Kier alpha value is -3.26. The molecule has 4 aromatic rings. The summed E-state index contributed by atoms with van der Waals surface area (Å²) in [6, 6.07) is 9.11. The first-order valence-electron chi connectivity index (χ1n) is 8.55. The van der Waals surface area contributed by atoms with Crippen LogP contribution in [0.1, 0.15) is 23.2 Å². The highest BCUT2D eigenvalue weighted by Crippen LogP contribution is 2.30. The number of esters is 1. The van der Waals surface area contributed by atoms with Crippen molar-refractivity contribution in [3.8, 4) is 11.1 Å². The van der Waals surface area contributed by atoms with E-state index >= 15 is 0 Å². The lowest BCUT2D eigenvalue weighted by molar-refractivity contribution is 0.0488. The highest BCUT2D eigenvalue weighted by atomic mass is 32.1. The van der Waals surface area contributed by atoms with Crippen LogP contribution in [0, 0.1) is 5.82 Å². The molecule has 0 radical (unpaired) electrons. The predicted molar refractivity (Wildman–Crippen MR) is 103 cm³/mol. The molecule has 0 aliphatic heterocycles. The van der Waals surface area contributed by atoms with Crippen molar-refractivity contribution < 1.29 is 18.3 Å². The Bertz CT molecular complexity index is 1210. The maximum absolute atomic E-state index is 13.2. The van der Waals surface area contributed by atoms with E-state index in [1.165, 1.54) is 40.4 Å². The molecule has 8 heteroatoms. The summed E-state index contributed by atoms with van der Waals surface area (Å²) in [7, 11) is 0. The molecule has 0 amide bonds. The van der Waals surface area contributed by atoms with Gasteiger partial charge in [0.05, 0.1) is 24.9 Å². The third-order valence-electron chi connectivity index (χ3n) is 4.18. The van der Waals surface area contributed by atoms with Crippen molar-refractivity contribution in [2.75, 3.05) is 6.61 Å². The van der Waals surface area contributed by atoms with Crippen molar-refractivity contribution in [3.63, 3.8) is 0 Å². The van der Waals surface area contributed by atoms with Gasteiger partial charge in [-0.1, -0.05) is 12.1 Å². The molecular formula is C20H15FN2O4S. The Labute approximate surface area is 162 Å². The number of fused-ring (bicyclic) bond motifs is 1. The molecule has 4 rings (SSSR count). The first kappa shape index (κ1) is 18.1. The van der Waals surface area contributed by atoms with Crippen LogP contribution in [0.15, 0.2) is 57.3 Å². The minimum atomic E-state index is -0.550. The van der Waals surface area contributed by atoms with E-state index in [9.17, 15) is 14.0 Å². The van der Waals surface area contributed by atoms with E-state index < -0.39 is 5.97 Å². The highest BCUT2D eigenvalue weighted by Gasteiger charge is 2.16. The van der Waals surface area contributed by atoms with Gasteiger partial charge in [0.15, 0.2) is 0 Å². The fraction of sp³-hybridized carbons (Fsp3) is 0.150. The zero-order valence-corrected chi connectivity index (χ0v) is 15.7. The van der Waals surface area contributed by atoms with Crippen LogP contribution in [-0.4, -0.2) is 22.1 Å². The van der Waals surface area contributed by atoms with Gasteiger partial charge in [-0.2, -0.15) is 0 Å². The molecule has 142 valence electrons. The maximum atomic E-state index is 13.2. The highest BCUT2D eigenvalue weighted by molar-refractivity contribution is 7.17. The Kier molecular flexibility index (Phi) is 4.79. The van der Waals surface area contributed by atoms with Crippen molar-refractivity contribution in [3.05, 3.63) is 75.8 Å². The van der Waals surface area contributed by atoms with E-state index in [0.29, 0.717) is 21.5 Å². The van der Waals surface area contributed by atoms with Gasteiger partial charge in [0.1, 0.15) is 16.4 Å². The molecule has 0 fully saturated rings. The van der Waals surface area contributed by atoms with Gasteiger partial charge in [-0.25, -0.2) is 14.2 Å². The van der Waals surface area contributed by atoms with Gasteiger partial charge < -0.3 is 9.15 Å². The lowest BCUT2D eigenvalue weighted by Crippen LogP contribution is -2.20. The molecule has 3 heterocycles. The van der Waals surface area contributed by atoms with Gasteiger partial charge in [-0.3, -0.25) is 9.36 Å². The molecule has 0 bridgehead atoms. The van der Waals surface area contributed by atoms with Crippen molar-refractivity contribution in [2.24, 2.45) is 0 Å². The van der Waals surface area contributed by atoms with Crippen LogP contribution in [0.5, 0.6) is 0 Å². The van der Waals surface area contributed by atoms with Gasteiger partial charge in [-0.15, -0.1) is 11.3 Å². The first-order valence-corrected chi connectivity index (χ1v) is 9.43. The predicted octanol–water partition coefficient (Wildman–Crippen LogP) is 4.08. The molecule has 0 aliphatic carbocycles. The summed E-state index contributed by atoms with van der Waals surface area (Å²) in [6.07, 6.45) is 1.45. The standard InChI is InChI=1S/C20H15FN2O4S/c1-2-26-20(25)16-8-7-14(27-16)9-23-11-22-18-17(19(23)24)15(10-28-18)12-3-5-13(21)6-4-12/h3-8,10-11H,2,9H2,1H3. The summed E-state index contributed by atoms with van der Waals surface area (Å²) in [5.74, 6) is -0.369. The van der Waals surface area contributed by atoms with Crippen LogP contribution < -0.4 is 5.56 Å². The third-order valence-corrected chi connectivity index (χ3v) is 5.07. The Morgan fingerprint density at radius 3 is 2.79 bits per heavy atom. The van der Waals surface area contributed by atoms with E-state index in [2.05, 4.69) is 4.98 Å². The normalized spacial score (nSPS) is 11.1. The quantitative estimate of drug-likeness (QED) is 0.474. The number of carbonyl (C=O) groups is 1. The average Bonchev–Trinajstić information content (AvgIpc) is 3.32.